The normalized spacial score (nSPS) is 10.1. The number of hydrogen-bond acceptors (Lipinski definition) is 2. The fourth-order valence-electron chi connectivity index (χ4n) is 0.995. The van der Waals surface area contributed by atoms with Crippen molar-refractivity contribution >= 4 is 17.6 Å². The lowest BCUT2D eigenvalue weighted by Crippen LogP contribution is -1.87. The molecule has 1 rings (SSSR count). The lowest BCUT2D eigenvalue weighted by molar-refractivity contribution is 1.10. The van der Waals surface area contributed by atoms with Crippen molar-refractivity contribution in [2.45, 2.75) is 30.9 Å². The molecule has 13 heavy (non-hydrogen) atoms. The van der Waals surface area contributed by atoms with E-state index in [1.165, 1.54) is 0 Å². The molecule has 1 aromatic heterocycles. The zero-order valence-electron chi connectivity index (χ0n) is 8.03. The lowest BCUT2D eigenvalue weighted by atomic mass is 10.3. The van der Waals surface area contributed by atoms with E-state index < -0.39 is 0 Å². The Balaban J connectivity index is 2.91. The first-order chi connectivity index (χ1) is 6.13. The van der Waals surface area contributed by atoms with Crippen LogP contribution in [0.4, 0.5) is 5.82 Å². The molecule has 68 valence electrons. The van der Waals surface area contributed by atoms with E-state index in [9.17, 15) is 0 Å². The van der Waals surface area contributed by atoms with Gasteiger partial charge in [-0.1, -0.05) is 26.5 Å². The van der Waals surface area contributed by atoms with Crippen LogP contribution in [0.3, 0.4) is 0 Å². The summed E-state index contributed by atoms with van der Waals surface area (Å²) in [6.07, 6.45) is 1.77. The smallest absolute Gasteiger partial charge is 0.272 e. The monoisotopic (exact) mass is 192 g/mol. The minimum absolute atomic E-state index is 0.508. The van der Waals surface area contributed by atoms with Crippen molar-refractivity contribution in [2.24, 2.45) is 0 Å². The Labute approximate surface area is 83.2 Å². The van der Waals surface area contributed by atoms with E-state index in [0.717, 1.165) is 10.5 Å². The highest BCUT2D eigenvalue weighted by Crippen LogP contribution is 2.25. The van der Waals surface area contributed by atoms with Crippen molar-refractivity contribution in [2.75, 3.05) is 0 Å². The molecule has 3 heteroatoms. The molecular formula is C10H12N2S. The molecule has 0 unspecified atom stereocenters. The highest BCUT2D eigenvalue weighted by Gasteiger charge is 2.04. The maximum absolute atomic E-state index is 6.85. The molecule has 0 radical (unpaired) electrons. The molecule has 1 heterocycles. The molecule has 0 aliphatic heterocycles. The highest BCUT2D eigenvalue weighted by molar-refractivity contribution is 7.99. The molecule has 0 N–H and O–H groups in total. The third kappa shape index (κ3) is 2.74. The number of thioether (sulfide) groups is 1. The van der Waals surface area contributed by atoms with E-state index in [2.05, 4.69) is 23.7 Å². The van der Waals surface area contributed by atoms with E-state index in [1.54, 1.807) is 18.0 Å². The molecule has 0 aliphatic carbocycles. The Hall–Kier alpha value is -1.01. The van der Waals surface area contributed by atoms with Gasteiger partial charge < -0.3 is 4.85 Å². The van der Waals surface area contributed by atoms with E-state index in [1.807, 2.05) is 13.0 Å². The molecule has 0 amide bonds. The van der Waals surface area contributed by atoms with E-state index in [0.29, 0.717) is 11.1 Å². The molecule has 0 saturated heterocycles. The van der Waals surface area contributed by atoms with Gasteiger partial charge in [0.15, 0.2) is 0 Å². The Morgan fingerprint density at radius 1 is 1.54 bits per heavy atom. The molecule has 0 fully saturated rings. The summed E-state index contributed by atoms with van der Waals surface area (Å²) in [6, 6.07) is 2.02. The summed E-state index contributed by atoms with van der Waals surface area (Å²) in [4.78, 5) is 8.53. The standard InChI is InChI=1S/C10H12N2S/c1-7(2)13-9-5-8(3)10(11-4)12-6-9/h5-7H,1-3H3. The van der Waals surface area contributed by atoms with Crippen LogP contribution in [0.15, 0.2) is 17.2 Å². The molecule has 0 saturated carbocycles. The molecule has 2 nitrogen and oxygen atoms in total. The van der Waals surface area contributed by atoms with Crippen molar-refractivity contribution in [3.05, 3.63) is 29.2 Å². The minimum Gasteiger partial charge on any atom is -0.360 e. The van der Waals surface area contributed by atoms with Gasteiger partial charge in [-0.05, 0) is 12.5 Å². The predicted octanol–water partition coefficient (Wildman–Crippen LogP) is 3.44. The summed E-state index contributed by atoms with van der Waals surface area (Å²) >= 11 is 1.77. The van der Waals surface area contributed by atoms with Crippen LogP contribution in [0.5, 0.6) is 0 Å². The fourth-order valence-corrected chi connectivity index (χ4v) is 1.90. The third-order valence-electron chi connectivity index (χ3n) is 1.50. The van der Waals surface area contributed by atoms with Crippen LogP contribution in [0.25, 0.3) is 4.85 Å². The van der Waals surface area contributed by atoms with Crippen LogP contribution in [0.2, 0.25) is 0 Å². The zero-order chi connectivity index (χ0) is 9.84. The van der Waals surface area contributed by atoms with Crippen molar-refractivity contribution < 1.29 is 0 Å². The molecule has 0 spiro atoms. The average Bonchev–Trinajstić information content (AvgIpc) is 2.03. The minimum atomic E-state index is 0.508. The van der Waals surface area contributed by atoms with Gasteiger partial charge in [0.05, 0.1) is 0 Å². The molecule has 1 aromatic rings. The second kappa shape index (κ2) is 4.29. The zero-order valence-corrected chi connectivity index (χ0v) is 8.85. The topological polar surface area (TPSA) is 17.2 Å². The largest absolute Gasteiger partial charge is 0.360 e. The number of nitrogens with zero attached hydrogens (tertiary/aromatic N) is 2. The number of aromatic nitrogens is 1. The van der Waals surface area contributed by atoms with Crippen molar-refractivity contribution in [1.29, 1.82) is 0 Å². The summed E-state index contributed by atoms with van der Waals surface area (Å²) in [5.74, 6) is 0.508. The number of aryl methyl sites for hydroxylation is 1. The van der Waals surface area contributed by atoms with Gasteiger partial charge in [0.2, 0.25) is 0 Å². The SMILES string of the molecule is [C-]#[N+]c1ncc(SC(C)C)cc1C. The van der Waals surface area contributed by atoms with Gasteiger partial charge in [0.25, 0.3) is 5.82 Å². The Bertz CT molecular complexity index is 339. The quantitative estimate of drug-likeness (QED) is 0.527. The first kappa shape index (κ1) is 10.1. The van der Waals surface area contributed by atoms with Crippen LogP contribution in [-0.4, -0.2) is 10.2 Å². The van der Waals surface area contributed by atoms with Gasteiger partial charge >= 0.3 is 0 Å². The summed E-state index contributed by atoms with van der Waals surface area (Å²) in [6.45, 7) is 13.1. The van der Waals surface area contributed by atoms with Gasteiger partial charge in [-0.25, -0.2) is 0 Å². The van der Waals surface area contributed by atoms with Gasteiger partial charge in [0, 0.05) is 10.1 Å². The predicted molar refractivity (Wildman–Crippen MR) is 56.2 cm³/mol. The third-order valence-corrected chi connectivity index (χ3v) is 2.47. The Kier molecular flexibility index (Phi) is 3.32. The van der Waals surface area contributed by atoms with Gasteiger partial charge in [0.1, 0.15) is 6.20 Å². The van der Waals surface area contributed by atoms with Crippen LogP contribution < -0.4 is 0 Å². The summed E-state index contributed by atoms with van der Waals surface area (Å²) in [5, 5.41) is 0.556. The van der Waals surface area contributed by atoms with Gasteiger partial charge in [-0.15, -0.1) is 16.7 Å². The van der Waals surface area contributed by atoms with E-state index in [4.69, 9.17) is 6.57 Å². The number of rotatable bonds is 2. The maximum atomic E-state index is 6.85. The maximum Gasteiger partial charge on any atom is 0.272 e. The van der Waals surface area contributed by atoms with E-state index in [-0.39, 0.29) is 0 Å². The van der Waals surface area contributed by atoms with E-state index >= 15 is 0 Å². The molecular weight excluding hydrogens is 180 g/mol. The Morgan fingerprint density at radius 2 is 2.23 bits per heavy atom. The molecule has 0 atom stereocenters. The average molecular weight is 192 g/mol. The summed E-state index contributed by atoms with van der Waals surface area (Å²) in [5.41, 5.74) is 0.959. The van der Waals surface area contributed by atoms with Crippen LogP contribution in [0.1, 0.15) is 19.4 Å². The summed E-state index contributed by atoms with van der Waals surface area (Å²) < 4.78 is 0. The van der Waals surface area contributed by atoms with Crippen molar-refractivity contribution in [1.82, 2.24) is 4.98 Å². The lowest BCUT2D eigenvalue weighted by Gasteiger charge is -2.03. The van der Waals surface area contributed by atoms with Crippen LogP contribution >= 0.6 is 11.8 Å². The number of pyridine rings is 1. The summed E-state index contributed by atoms with van der Waals surface area (Å²) in [7, 11) is 0. The van der Waals surface area contributed by atoms with Gasteiger partial charge in [-0.3, -0.25) is 0 Å². The first-order valence-corrected chi connectivity index (χ1v) is 5.02. The van der Waals surface area contributed by atoms with Crippen LogP contribution in [-0.2, 0) is 0 Å². The molecule has 0 aliphatic rings. The van der Waals surface area contributed by atoms with Crippen molar-refractivity contribution in [3.8, 4) is 0 Å². The highest BCUT2D eigenvalue weighted by atomic mass is 32.2. The first-order valence-electron chi connectivity index (χ1n) is 4.14. The Morgan fingerprint density at radius 3 is 2.69 bits per heavy atom. The second-order valence-electron chi connectivity index (χ2n) is 3.09. The second-order valence-corrected chi connectivity index (χ2v) is 4.74. The van der Waals surface area contributed by atoms with Gasteiger partial charge in [-0.2, -0.15) is 0 Å². The fraction of sp³-hybridized carbons (Fsp3) is 0.400. The van der Waals surface area contributed by atoms with Crippen LogP contribution in [0, 0.1) is 13.5 Å². The molecule has 0 bridgehead atoms. The number of hydrogen-bond donors (Lipinski definition) is 0. The molecule has 0 aromatic carbocycles. The van der Waals surface area contributed by atoms with Crippen molar-refractivity contribution in [3.63, 3.8) is 0 Å².